The van der Waals surface area contributed by atoms with Crippen molar-refractivity contribution in [2.75, 3.05) is 25.9 Å². The molecular weight excluding hydrogens is 574 g/mol. The van der Waals surface area contributed by atoms with Crippen LogP contribution in [0.3, 0.4) is 0 Å². The molecule has 0 aliphatic carbocycles. The summed E-state index contributed by atoms with van der Waals surface area (Å²) in [7, 11) is -2.04. The second-order valence-corrected chi connectivity index (χ2v) is 13.5. The van der Waals surface area contributed by atoms with E-state index in [4.69, 9.17) is 5.73 Å². The van der Waals surface area contributed by atoms with Crippen LogP contribution >= 0.6 is 0 Å². The van der Waals surface area contributed by atoms with Gasteiger partial charge < -0.3 is 15.6 Å². The number of nitrogens with zero attached hydrogens (tertiary/aromatic N) is 5. The van der Waals surface area contributed by atoms with E-state index in [0.717, 1.165) is 53.9 Å². The number of anilines is 1. The summed E-state index contributed by atoms with van der Waals surface area (Å²) in [6, 6.07) is 19.7. The molecule has 1 saturated heterocycles. The summed E-state index contributed by atoms with van der Waals surface area (Å²) in [6.07, 6.45) is 3.36. The number of aromatic nitrogens is 5. The largest absolute Gasteiger partial charge is 0.383 e. The second-order valence-electron chi connectivity index (χ2n) is 11.7. The van der Waals surface area contributed by atoms with Gasteiger partial charge in [0, 0.05) is 5.39 Å². The van der Waals surface area contributed by atoms with Crippen LogP contribution in [0.4, 0.5) is 5.82 Å². The quantitative estimate of drug-likeness (QED) is 0.249. The summed E-state index contributed by atoms with van der Waals surface area (Å²) >= 11 is 0. The van der Waals surface area contributed by atoms with E-state index in [0.29, 0.717) is 22.5 Å². The molecule has 1 aliphatic heterocycles. The lowest BCUT2D eigenvalue weighted by atomic mass is 9.89. The molecule has 0 amide bonds. The van der Waals surface area contributed by atoms with Crippen LogP contribution in [0.25, 0.3) is 27.6 Å². The molecular formula is C33H33N7O3S. The molecule has 10 nitrogen and oxygen atoms in total. The lowest BCUT2D eigenvalue weighted by Crippen LogP contribution is -2.29. The maximum absolute atomic E-state index is 14.3. The van der Waals surface area contributed by atoms with Crippen molar-refractivity contribution in [3.05, 3.63) is 101 Å². The summed E-state index contributed by atoms with van der Waals surface area (Å²) in [5.74, 6) is 0.676. The van der Waals surface area contributed by atoms with Gasteiger partial charge in [0.1, 0.15) is 17.3 Å². The van der Waals surface area contributed by atoms with Gasteiger partial charge in [0.2, 0.25) is 5.78 Å². The Morgan fingerprint density at radius 1 is 0.977 bits per heavy atom. The van der Waals surface area contributed by atoms with Crippen LogP contribution in [-0.2, 0) is 10.0 Å². The Hall–Kier alpha value is -4.74. The molecule has 0 bridgehead atoms. The van der Waals surface area contributed by atoms with Crippen molar-refractivity contribution in [2.24, 2.45) is 0 Å². The molecule has 224 valence electrons. The Labute approximate surface area is 255 Å². The van der Waals surface area contributed by atoms with E-state index in [2.05, 4.69) is 33.1 Å². The predicted molar refractivity (Wildman–Crippen MR) is 171 cm³/mol. The molecule has 1 fully saturated rings. The van der Waals surface area contributed by atoms with Crippen molar-refractivity contribution in [3.63, 3.8) is 0 Å². The minimum atomic E-state index is -4.15. The van der Waals surface area contributed by atoms with Crippen molar-refractivity contribution in [2.45, 2.75) is 37.5 Å². The zero-order chi connectivity index (χ0) is 30.7. The summed E-state index contributed by atoms with van der Waals surface area (Å²) in [6.45, 7) is 5.73. The number of nitrogens with one attached hydrogen (secondary N) is 1. The highest BCUT2D eigenvalue weighted by atomic mass is 32.2. The first-order valence-electron chi connectivity index (χ1n) is 14.6. The van der Waals surface area contributed by atoms with Gasteiger partial charge in [-0.15, -0.1) is 0 Å². The van der Waals surface area contributed by atoms with E-state index in [1.54, 1.807) is 30.3 Å². The van der Waals surface area contributed by atoms with Gasteiger partial charge in [0.15, 0.2) is 0 Å². The second kappa shape index (κ2) is 10.5. The zero-order valence-corrected chi connectivity index (χ0v) is 25.6. The highest BCUT2D eigenvalue weighted by Crippen LogP contribution is 2.34. The van der Waals surface area contributed by atoms with Crippen molar-refractivity contribution < 1.29 is 13.2 Å². The molecule has 0 unspecified atom stereocenters. The van der Waals surface area contributed by atoms with Crippen LogP contribution in [0.1, 0.15) is 51.8 Å². The smallest absolute Gasteiger partial charge is 0.268 e. The lowest BCUT2D eigenvalue weighted by molar-refractivity contribution is 0.103. The van der Waals surface area contributed by atoms with Crippen LogP contribution in [0.5, 0.6) is 0 Å². The number of aryl methyl sites for hydroxylation is 2. The molecule has 11 heteroatoms. The van der Waals surface area contributed by atoms with Crippen LogP contribution < -0.4 is 5.73 Å². The first-order chi connectivity index (χ1) is 21.1. The van der Waals surface area contributed by atoms with Gasteiger partial charge in [0.25, 0.3) is 10.0 Å². The number of H-pyrrole nitrogens is 1. The first kappa shape index (κ1) is 28.1. The molecule has 3 aromatic heterocycles. The molecule has 0 spiro atoms. The van der Waals surface area contributed by atoms with Crippen molar-refractivity contribution >= 4 is 43.6 Å². The van der Waals surface area contributed by atoms with Gasteiger partial charge >= 0.3 is 0 Å². The van der Waals surface area contributed by atoms with Gasteiger partial charge in [0.05, 0.1) is 38.9 Å². The van der Waals surface area contributed by atoms with Crippen LogP contribution in [0.15, 0.2) is 77.8 Å². The van der Waals surface area contributed by atoms with E-state index in [1.807, 2.05) is 44.2 Å². The fraction of sp³-hybridized carbons (Fsp3) is 0.242. The topological polar surface area (TPSA) is 132 Å². The molecule has 0 saturated carbocycles. The van der Waals surface area contributed by atoms with E-state index >= 15 is 0 Å². The highest BCUT2D eigenvalue weighted by Gasteiger charge is 2.30. The average Bonchev–Trinajstić information content (AvgIpc) is 3.70. The maximum atomic E-state index is 14.3. The summed E-state index contributed by atoms with van der Waals surface area (Å²) < 4.78 is 31.2. The van der Waals surface area contributed by atoms with Crippen molar-refractivity contribution in [1.29, 1.82) is 0 Å². The van der Waals surface area contributed by atoms with E-state index < -0.39 is 15.8 Å². The Bertz CT molecular complexity index is 2170. The number of piperidine rings is 1. The number of rotatable bonds is 6. The predicted octanol–water partition coefficient (Wildman–Crippen LogP) is 5.18. The Morgan fingerprint density at radius 3 is 2.48 bits per heavy atom. The van der Waals surface area contributed by atoms with Gasteiger partial charge in [-0.1, -0.05) is 29.8 Å². The number of ketones is 1. The Morgan fingerprint density at radius 2 is 1.73 bits per heavy atom. The standard InChI is InChI=1S/C33H33N7O3S/c1-20-4-9-26(10-5-20)44(42,43)40-30-16-23(22-12-14-38(3)15-13-22)6-7-24(30)17-31(40)32(41)27-19-35-39(33(27)34)25-8-11-28-29(18-25)37-21(2)36-28/h4-11,16-19,22H,12-15,34H2,1-3H3,(H,36,37). The van der Waals surface area contributed by atoms with Gasteiger partial charge in [-0.05, 0) is 101 Å². The van der Waals surface area contributed by atoms with Gasteiger partial charge in [-0.25, -0.2) is 22.1 Å². The van der Waals surface area contributed by atoms with Crippen LogP contribution in [-0.4, -0.2) is 63.0 Å². The number of hydrogen-bond acceptors (Lipinski definition) is 7. The summed E-state index contributed by atoms with van der Waals surface area (Å²) in [4.78, 5) is 24.3. The third-order valence-electron chi connectivity index (χ3n) is 8.65. The number of fused-ring (bicyclic) bond motifs is 2. The van der Waals surface area contributed by atoms with Gasteiger partial charge in [-0.3, -0.25) is 4.79 Å². The van der Waals surface area contributed by atoms with Gasteiger partial charge in [-0.2, -0.15) is 5.10 Å². The summed E-state index contributed by atoms with van der Waals surface area (Å²) in [5.41, 5.74) is 11.4. The minimum absolute atomic E-state index is 0.00648. The normalized spacial score (nSPS) is 15.0. The molecule has 1 aliphatic rings. The number of likely N-dealkylation sites (tertiary alicyclic amines) is 1. The minimum Gasteiger partial charge on any atom is -0.383 e. The van der Waals surface area contributed by atoms with Crippen molar-refractivity contribution in [1.82, 2.24) is 28.6 Å². The zero-order valence-electron chi connectivity index (χ0n) is 24.8. The third-order valence-corrected chi connectivity index (χ3v) is 10.4. The number of carbonyl (C=O) groups is 1. The number of hydrogen-bond donors (Lipinski definition) is 2. The molecule has 0 atom stereocenters. The van der Waals surface area contributed by atoms with E-state index in [1.165, 1.54) is 14.9 Å². The molecule has 44 heavy (non-hydrogen) atoms. The maximum Gasteiger partial charge on any atom is 0.268 e. The fourth-order valence-corrected chi connectivity index (χ4v) is 7.66. The highest BCUT2D eigenvalue weighted by molar-refractivity contribution is 7.90. The SMILES string of the molecule is Cc1ccc(S(=O)(=O)n2c(C(=O)c3cnn(-c4ccc5nc(C)[nH]c5c4)c3N)cc3ccc(C4CCN(C)CC4)cc32)cc1. The summed E-state index contributed by atoms with van der Waals surface area (Å²) in [5, 5.41) is 5.07. The fourth-order valence-electron chi connectivity index (χ4n) is 6.16. The van der Waals surface area contributed by atoms with Crippen molar-refractivity contribution in [3.8, 4) is 5.69 Å². The molecule has 3 aromatic carbocycles. The molecule has 3 N–H and O–H groups in total. The molecule has 7 rings (SSSR count). The number of nitrogen functional groups attached to an aromatic ring is 1. The third kappa shape index (κ3) is 4.68. The van der Waals surface area contributed by atoms with Crippen LogP contribution in [0, 0.1) is 13.8 Å². The number of nitrogens with two attached hydrogens (primary N) is 1. The monoisotopic (exact) mass is 607 g/mol. The number of imidazole rings is 1. The average molecular weight is 608 g/mol. The number of carbonyl (C=O) groups excluding carboxylic acids is 1. The molecule has 6 aromatic rings. The first-order valence-corrected chi connectivity index (χ1v) is 16.1. The number of aromatic amines is 1. The number of benzene rings is 3. The van der Waals surface area contributed by atoms with E-state index in [-0.39, 0.29) is 22.0 Å². The molecule has 4 heterocycles. The van der Waals surface area contributed by atoms with Crippen LogP contribution in [0.2, 0.25) is 0 Å². The Kier molecular flexibility index (Phi) is 6.67. The molecule has 0 radical (unpaired) electrons. The Balaban J connectivity index is 1.36. The lowest BCUT2D eigenvalue weighted by Gasteiger charge is -2.29. The van der Waals surface area contributed by atoms with E-state index in [9.17, 15) is 13.2 Å².